The van der Waals surface area contributed by atoms with E-state index in [4.69, 9.17) is 0 Å². The Balaban J connectivity index is 1.69. The molecule has 9 heteroatoms. The van der Waals surface area contributed by atoms with Gasteiger partial charge in [0.15, 0.2) is 0 Å². The number of aromatic nitrogens is 1. The largest absolute Gasteiger partial charge is 0.325 e. The molecule has 146 valence electrons. The predicted molar refractivity (Wildman–Crippen MR) is 107 cm³/mol. The van der Waals surface area contributed by atoms with E-state index in [0.717, 1.165) is 32.7 Å². The van der Waals surface area contributed by atoms with Gasteiger partial charge in [-0.25, -0.2) is 17.8 Å². The van der Waals surface area contributed by atoms with E-state index < -0.39 is 21.7 Å². The summed E-state index contributed by atoms with van der Waals surface area (Å²) in [5.41, 5.74) is 2.21. The topological polar surface area (TPSA) is 79.4 Å². The number of hydrogen-bond donors (Lipinski definition) is 1. The normalized spacial score (nSPS) is 11.6. The number of anilines is 1. The van der Waals surface area contributed by atoms with Crippen molar-refractivity contribution in [1.82, 2.24) is 9.29 Å². The Labute approximate surface area is 166 Å². The van der Waals surface area contributed by atoms with Crippen molar-refractivity contribution in [2.75, 3.05) is 18.9 Å². The highest BCUT2D eigenvalue weighted by Gasteiger charge is 2.23. The Bertz CT molecular complexity index is 1100. The van der Waals surface area contributed by atoms with Crippen molar-refractivity contribution in [2.45, 2.75) is 11.8 Å². The third-order valence-corrected chi connectivity index (χ3v) is 6.54. The van der Waals surface area contributed by atoms with Crippen LogP contribution in [0.4, 0.5) is 10.1 Å². The number of sulfonamides is 1. The lowest BCUT2D eigenvalue weighted by molar-refractivity contribution is -0.116. The summed E-state index contributed by atoms with van der Waals surface area (Å²) in [4.78, 5) is 16.7. The van der Waals surface area contributed by atoms with E-state index in [1.165, 1.54) is 30.5 Å². The van der Waals surface area contributed by atoms with Crippen molar-refractivity contribution in [3.63, 3.8) is 0 Å². The lowest BCUT2D eigenvalue weighted by Gasteiger charge is -2.17. The number of hydrogen-bond acceptors (Lipinski definition) is 5. The lowest BCUT2D eigenvalue weighted by atomic mass is 10.1. The van der Waals surface area contributed by atoms with Crippen LogP contribution in [0.3, 0.4) is 0 Å². The average molecular weight is 420 g/mol. The number of benzene rings is 2. The fraction of sp³-hybridized carbons (Fsp3) is 0.158. The molecular weight excluding hydrogens is 401 g/mol. The monoisotopic (exact) mass is 419 g/mol. The molecule has 3 aromatic rings. The zero-order valence-corrected chi connectivity index (χ0v) is 16.8. The Kier molecular flexibility index (Phi) is 5.87. The number of nitrogens with zero attached hydrogens (tertiary/aromatic N) is 2. The molecule has 0 saturated heterocycles. The number of likely N-dealkylation sites (N-methyl/N-ethyl adjacent to an activating group) is 1. The average Bonchev–Trinajstić information content (AvgIpc) is 3.08. The van der Waals surface area contributed by atoms with Crippen LogP contribution in [-0.4, -0.2) is 37.2 Å². The van der Waals surface area contributed by atoms with Gasteiger partial charge in [-0.1, -0.05) is 12.1 Å². The quantitative estimate of drug-likeness (QED) is 0.663. The van der Waals surface area contributed by atoms with E-state index in [1.807, 2.05) is 18.4 Å². The lowest BCUT2D eigenvalue weighted by Crippen LogP contribution is -2.34. The minimum atomic E-state index is -3.89. The molecule has 0 atom stereocenters. The standard InChI is InChI=1S/C19H18FN3O3S2/c1-13-21-18(12-27-13)14-4-3-5-16(10-14)22-19(24)11-23(2)28(25,26)17-8-6-15(20)7-9-17/h3-10,12H,11H2,1-2H3,(H,22,24). The predicted octanol–water partition coefficient (Wildman–Crippen LogP) is 3.52. The summed E-state index contributed by atoms with van der Waals surface area (Å²) in [6, 6.07) is 11.6. The first-order valence-electron chi connectivity index (χ1n) is 8.30. The first kappa shape index (κ1) is 20.1. The third kappa shape index (κ3) is 4.61. The molecule has 2 aromatic carbocycles. The van der Waals surface area contributed by atoms with E-state index in [9.17, 15) is 17.6 Å². The Morgan fingerprint density at radius 3 is 2.57 bits per heavy atom. The second-order valence-corrected chi connectivity index (χ2v) is 9.20. The fourth-order valence-electron chi connectivity index (χ4n) is 2.53. The van der Waals surface area contributed by atoms with Gasteiger partial charge in [0.25, 0.3) is 0 Å². The van der Waals surface area contributed by atoms with Gasteiger partial charge in [0.1, 0.15) is 5.82 Å². The second-order valence-electron chi connectivity index (χ2n) is 6.10. The summed E-state index contributed by atoms with van der Waals surface area (Å²) in [5.74, 6) is -1.02. The van der Waals surface area contributed by atoms with Crippen LogP contribution in [0.2, 0.25) is 0 Å². The van der Waals surface area contributed by atoms with Crippen LogP contribution in [0.15, 0.2) is 58.8 Å². The van der Waals surface area contributed by atoms with Crippen LogP contribution >= 0.6 is 11.3 Å². The van der Waals surface area contributed by atoms with E-state index in [-0.39, 0.29) is 11.4 Å². The number of halogens is 1. The first-order chi connectivity index (χ1) is 13.3. The molecule has 28 heavy (non-hydrogen) atoms. The van der Waals surface area contributed by atoms with Crippen LogP contribution in [0, 0.1) is 12.7 Å². The molecule has 1 N–H and O–H groups in total. The molecule has 0 spiro atoms. The number of nitrogens with one attached hydrogen (secondary N) is 1. The number of carbonyl (C=O) groups excluding carboxylic acids is 1. The smallest absolute Gasteiger partial charge is 0.243 e. The maximum atomic E-state index is 13.0. The molecule has 0 unspecified atom stereocenters. The highest BCUT2D eigenvalue weighted by atomic mass is 32.2. The highest BCUT2D eigenvalue weighted by Crippen LogP contribution is 2.24. The van der Waals surface area contributed by atoms with Gasteiger partial charge in [-0.2, -0.15) is 4.31 Å². The van der Waals surface area contributed by atoms with Crippen molar-refractivity contribution in [1.29, 1.82) is 0 Å². The van der Waals surface area contributed by atoms with Gasteiger partial charge in [0.2, 0.25) is 15.9 Å². The van der Waals surface area contributed by atoms with Crippen LogP contribution in [0.5, 0.6) is 0 Å². The molecule has 0 aliphatic heterocycles. The molecule has 1 heterocycles. The minimum absolute atomic E-state index is 0.0786. The number of thiazole rings is 1. The van der Waals surface area contributed by atoms with Crippen molar-refractivity contribution in [2.24, 2.45) is 0 Å². The van der Waals surface area contributed by atoms with Crippen molar-refractivity contribution in [3.8, 4) is 11.3 Å². The van der Waals surface area contributed by atoms with Gasteiger partial charge in [-0.3, -0.25) is 4.79 Å². The molecular formula is C19H18FN3O3S2. The maximum absolute atomic E-state index is 13.0. The fourth-order valence-corrected chi connectivity index (χ4v) is 4.28. The van der Waals surface area contributed by atoms with Crippen molar-refractivity contribution < 1.29 is 17.6 Å². The zero-order chi connectivity index (χ0) is 20.3. The van der Waals surface area contributed by atoms with Gasteiger partial charge in [-0.15, -0.1) is 11.3 Å². The Hall–Kier alpha value is -2.62. The maximum Gasteiger partial charge on any atom is 0.243 e. The minimum Gasteiger partial charge on any atom is -0.325 e. The first-order valence-corrected chi connectivity index (χ1v) is 10.6. The molecule has 0 bridgehead atoms. The van der Waals surface area contributed by atoms with E-state index in [0.29, 0.717) is 5.69 Å². The molecule has 0 aliphatic rings. The number of rotatable bonds is 6. The Morgan fingerprint density at radius 1 is 1.21 bits per heavy atom. The molecule has 0 fully saturated rings. The molecule has 1 aromatic heterocycles. The van der Waals surface area contributed by atoms with Gasteiger partial charge in [0, 0.05) is 23.7 Å². The zero-order valence-electron chi connectivity index (χ0n) is 15.2. The van der Waals surface area contributed by atoms with Crippen LogP contribution in [0.1, 0.15) is 5.01 Å². The molecule has 0 radical (unpaired) electrons. The van der Waals surface area contributed by atoms with Gasteiger partial charge in [-0.05, 0) is 43.3 Å². The number of amides is 1. The summed E-state index contributed by atoms with van der Waals surface area (Å²) < 4.78 is 38.9. The van der Waals surface area contributed by atoms with Gasteiger partial charge < -0.3 is 5.32 Å². The van der Waals surface area contributed by atoms with E-state index in [1.54, 1.807) is 18.2 Å². The van der Waals surface area contributed by atoms with Crippen LogP contribution in [-0.2, 0) is 14.8 Å². The van der Waals surface area contributed by atoms with Gasteiger partial charge >= 0.3 is 0 Å². The summed E-state index contributed by atoms with van der Waals surface area (Å²) >= 11 is 1.53. The summed E-state index contributed by atoms with van der Waals surface area (Å²) in [7, 11) is -2.60. The number of aryl methyl sites for hydroxylation is 1. The third-order valence-electron chi connectivity index (χ3n) is 3.95. The van der Waals surface area contributed by atoms with Crippen molar-refractivity contribution in [3.05, 3.63) is 64.7 Å². The summed E-state index contributed by atoms with van der Waals surface area (Å²) in [6.45, 7) is 1.54. The molecule has 0 saturated carbocycles. The SMILES string of the molecule is Cc1nc(-c2cccc(NC(=O)CN(C)S(=O)(=O)c3ccc(F)cc3)c2)cs1. The number of carbonyl (C=O) groups is 1. The molecule has 3 rings (SSSR count). The second kappa shape index (κ2) is 8.17. The van der Waals surface area contributed by atoms with Crippen molar-refractivity contribution >= 4 is 33.0 Å². The molecule has 0 aliphatic carbocycles. The Morgan fingerprint density at radius 2 is 1.93 bits per heavy atom. The molecule has 1 amide bonds. The highest BCUT2D eigenvalue weighted by molar-refractivity contribution is 7.89. The summed E-state index contributed by atoms with van der Waals surface area (Å²) in [6.07, 6.45) is 0. The van der Waals surface area contributed by atoms with Gasteiger partial charge in [0.05, 0.1) is 22.1 Å². The van der Waals surface area contributed by atoms with Crippen LogP contribution in [0.25, 0.3) is 11.3 Å². The summed E-state index contributed by atoms with van der Waals surface area (Å²) in [5, 5.41) is 5.56. The van der Waals surface area contributed by atoms with E-state index in [2.05, 4.69) is 10.3 Å². The van der Waals surface area contributed by atoms with Crippen LogP contribution < -0.4 is 5.32 Å². The molecule has 6 nitrogen and oxygen atoms in total. The van der Waals surface area contributed by atoms with E-state index >= 15 is 0 Å².